The predicted molar refractivity (Wildman–Crippen MR) is 134 cm³/mol. The molecule has 0 bridgehead atoms. The number of pyridine rings is 1. The monoisotopic (exact) mass is 453 g/mol. The maximum Gasteiger partial charge on any atom is 0.275 e. The third-order valence-corrected chi connectivity index (χ3v) is 6.50. The average molecular weight is 454 g/mol. The average Bonchev–Trinajstić information content (AvgIpc) is 3.48. The van der Waals surface area contributed by atoms with Gasteiger partial charge in [0.2, 0.25) is 0 Å². The highest BCUT2D eigenvalue weighted by atomic mass is 32.1. The summed E-state index contributed by atoms with van der Waals surface area (Å²) in [5.41, 5.74) is 4.37. The summed E-state index contributed by atoms with van der Waals surface area (Å²) in [6, 6.07) is 25.4. The molecule has 0 N–H and O–H groups in total. The largest absolute Gasteiger partial charge is 0.380 e. The van der Waals surface area contributed by atoms with Gasteiger partial charge in [-0.3, -0.25) is 9.69 Å². The zero-order chi connectivity index (χ0) is 22.8. The molecule has 33 heavy (non-hydrogen) atoms. The molecule has 2 aromatic carbocycles. The van der Waals surface area contributed by atoms with Crippen LogP contribution in [0.2, 0.25) is 0 Å². The number of benzene rings is 2. The second-order valence-corrected chi connectivity index (χ2v) is 8.72. The van der Waals surface area contributed by atoms with Crippen LogP contribution in [0.25, 0.3) is 15.9 Å². The van der Waals surface area contributed by atoms with E-state index in [0.29, 0.717) is 11.5 Å². The Bertz CT molecular complexity index is 1350. The van der Waals surface area contributed by atoms with E-state index in [4.69, 9.17) is 9.72 Å². The number of thiophene rings is 1. The summed E-state index contributed by atoms with van der Waals surface area (Å²) in [4.78, 5) is 22.2. The fourth-order valence-electron chi connectivity index (χ4n) is 4.08. The van der Waals surface area contributed by atoms with Crippen molar-refractivity contribution in [2.75, 3.05) is 12.0 Å². The van der Waals surface area contributed by atoms with Crippen LogP contribution in [-0.4, -0.2) is 22.6 Å². The van der Waals surface area contributed by atoms with Crippen molar-refractivity contribution in [1.29, 1.82) is 0 Å². The van der Waals surface area contributed by atoms with Crippen molar-refractivity contribution in [3.8, 4) is 5.69 Å². The second-order valence-electron chi connectivity index (χ2n) is 7.72. The van der Waals surface area contributed by atoms with Crippen LogP contribution in [0.15, 0.2) is 91.3 Å². The lowest BCUT2D eigenvalue weighted by molar-refractivity contribution is 0.100. The quantitative estimate of drug-likeness (QED) is 0.294. The van der Waals surface area contributed by atoms with Gasteiger partial charge in [0.05, 0.1) is 12.3 Å². The van der Waals surface area contributed by atoms with Gasteiger partial charge in [-0.05, 0) is 55.0 Å². The fraction of sp³-hybridized carbons (Fsp3) is 0.111. The first-order valence-corrected chi connectivity index (χ1v) is 11.5. The maximum absolute atomic E-state index is 14.2. The molecule has 0 saturated carbocycles. The Labute approximate surface area is 196 Å². The molecule has 0 saturated heterocycles. The van der Waals surface area contributed by atoms with Crippen LogP contribution in [0.1, 0.15) is 20.9 Å². The highest BCUT2D eigenvalue weighted by Crippen LogP contribution is 2.39. The molecule has 1 amide bonds. The van der Waals surface area contributed by atoms with Gasteiger partial charge in [-0.1, -0.05) is 36.4 Å². The standard InChI is InChI=1S/C27H23N3O2S/c1-19-17-20(18-32-2)23-24(29-15-9-10-16-29)25(33-26(23)28-19)27(31)30(21-11-5-3-6-12-21)22-13-7-4-8-14-22/h3-17H,18H2,1-2H3. The number of aryl methyl sites for hydroxylation is 1. The van der Waals surface area contributed by atoms with E-state index in [1.54, 1.807) is 12.0 Å². The minimum Gasteiger partial charge on any atom is -0.380 e. The van der Waals surface area contributed by atoms with Crippen LogP contribution in [0.4, 0.5) is 11.4 Å². The number of nitrogens with zero attached hydrogens (tertiary/aromatic N) is 3. The van der Waals surface area contributed by atoms with E-state index in [1.807, 2.05) is 103 Å². The molecule has 5 nitrogen and oxygen atoms in total. The van der Waals surface area contributed by atoms with Crippen LogP contribution >= 0.6 is 11.3 Å². The predicted octanol–water partition coefficient (Wildman–Crippen LogP) is 6.52. The van der Waals surface area contributed by atoms with E-state index in [0.717, 1.165) is 38.5 Å². The Hall–Kier alpha value is -3.74. The number of rotatable bonds is 6. The van der Waals surface area contributed by atoms with Crippen molar-refractivity contribution >= 4 is 38.8 Å². The number of fused-ring (bicyclic) bond motifs is 1. The van der Waals surface area contributed by atoms with Crippen LogP contribution in [-0.2, 0) is 11.3 Å². The topological polar surface area (TPSA) is 47.4 Å². The molecule has 6 heteroatoms. The van der Waals surface area contributed by atoms with Crippen molar-refractivity contribution in [3.63, 3.8) is 0 Å². The van der Waals surface area contributed by atoms with Crippen LogP contribution < -0.4 is 4.90 Å². The molecule has 3 aromatic heterocycles. The third-order valence-electron chi connectivity index (χ3n) is 5.44. The number of para-hydroxylation sites is 2. The molecule has 5 aromatic rings. The molecule has 5 rings (SSSR count). The Balaban J connectivity index is 1.77. The summed E-state index contributed by atoms with van der Waals surface area (Å²) in [6.45, 7) is 2.41. The molecule has 0 spiro atoms. The smallest absolute Gasteiger partial charge is 0.275 e. The third kappa shape index (κ3) is 3.95. The van der Waals surface area contributed by atoms with Gasteiger partial charge in [0.1, 0.15) is 9.71 Å². The number of carbonyl (C=O) groups is 1. The second kappa shape index (κ2) is 9.02. The molecule has 164 valence electrons. The van der Waals surface area contributed by atoms with E-state index >= 15 is 0 Å². The molecular formula is C27H23N3O2S. The van der Waals surface area contributed by atoms with Crippen LogP contribution in [0.5, 0.6) is 0 Å². The molecule has 0 atom stereocenters. The van der Waals surface area contributed by atoms with Gasteiger partial charge in [-0.25, -0.2) is 4.98 Å². The van der Waals surface area contributed by atoms with Crippen LogP contribution in [0, 0.1) is 6.92 Å². The molecular weight excluding hydrogens is 430 g/mol. The lowest BCUT2D eigenvalue weighted by Crippen LogP contribution is -2.26. The van der Waals surface area contributed by atoms with Crippen molar-refractivity contribution in [2.24, 2.45) is 0 Å². The number of ether oxygens (including phenoxy) is 1. The van der Waals surface area contributed by atoms with E-state index in [-0.39, 0.29) is 5.91 Å². The Morgan fingerprint density at radius 2 is 1.58 bits per heavy atom. The van der Waals surface area contributed by atoms with E-state index in [9.17, 15) is 4.79 Å². The number of amides is 1. The summed E-state index contributed by atoms with van der Waals surface area (Å²) < 4.78 is 7.49. The number of aromatic nitrogens is 2. The Morgan fingerprint density at radius 3 is 2.15 bits per heavy atom. The van der Waals surface area contributed by atoms with Crippen molar-refractivity contribution in [1.82, 2.24) is 9.55 Å². The molecule has 0 aliphatic heterocycles. The highest BCUT2D eigenvalue weighted by Gasteiger charge is 2.28. The molecule has 3 heterocycles. The van der Waals surface area contributed by atoms with Gasteiger partial charge >= 0.3 is 0 Å². The minimum absolute atomic E-state index is 0.0971. The number of carbonyl (C=O) groups excluding carboxylic acids is 1. The summed E-state index contributed by atoms with van der Waals surface area (Å²) in [7, 11) is 1.68. The first kappa shape index (κ1) is 21.1. The number of anilines is 2. The first-order chi connectivity index (χ1) is 16.2. The highest BCUT2D eigenvalue weighted by molar-refractivity contribution is 7.21. The molecule has 0 unspecified atom stereocenters. The van der Waals surface area contributed by atoms with Gasteiger partial charge in [0, 0.05) is 42.0 Å². The Morgan fingerprint density at radius 1 is 0.970 bits per heavy atom. The van der Waals surface area contributed by atoms with Gasteiger partial charge in [-0.15, -0.1) is 11.3 Å². The van der Waals surface area contributed by atoms with Gasteiger partial charge < -0.3 is 9.30 Å². The summed E-state index contributed by atoms with van der Waals surface area (Å²) in [6.07, 6.45) is 3.92. The summed E-state index contributed by atoms with van der Waals surface area (Å²) in [5, 5.41) is 0.952. The fourth-order valence-corrected chi connectivity index (χ4v) is 5.27. The van der Waals surface area contributed by atoms with Gasteiger partial charge in [0.15, 0.2) is 0 Å². The van der Waals surface area contributed by atoms with Crippen molar-refractivity contribution in [3.05, 3.63) is 107 Å². The number of hydrogen-bond acceptors (Lipinski definition) is 4. The lowest BCUT2D eigenvalue weighted by Gasteiger charge is -2.23. The van der Waals surface area contributed by atoms with E-state index in [1.165, 1.54) is 11.3 Å². The molecule has 0 aliphatic carbocycles. The Kier molecular flexibility index (Phi) is 5.77. The normalized spacial score (nSPS) is 11.1. The van der Waals surface area contributed by atoms with Crippen LogP contribution in [0.3, 0.4) is 0 Å². The van der Waals surface area contributed by atoms with E-state index < -0.39 is 0 Å². The SMILES string of the molecule is COCc1cc(C)nc2sc(C(=O)N(c3ccccc3)c3ccccc3)c(-n3cccc3)c12. The van der Waals surface area contributed by atoms with Gasteiger partial charge in [-0.2, -0.15) is 0 Å². The molecule has 0 fully saturated rings. The molecule has 0 aliphatic rings. The first-order valence-electron chi connectivity index (χ1n) is 10.7. The summed E-state index contributed by atoms with van der Waals surface area (Å²) in [5.74, 6) is -0.0971. The minimum atomic E-state index is -0.0971. The number of hydrogen-bond donors (Lipinski definition) is 0. The van der Waals surface area contributed by atoms with E-state index in [2.05, 4.69) is 0 Å². The zero-order valence-corrected chi connectivity index (χ0v) is 19.3. The lowest BCUT2D eigenvalue weighted by atomic mass is 10.1. The van der Waals surface area contributed by atoms with Gasteiger partial charge in [0.25, 0.3) is 5.91 Å². The van der Waals surface area contributed by atoms with Crippen molar-refractivity contribution in [2.45, 2.75) is 13.5 Å². The number of methoxy groups -OCH3 is 1. The molecule has 0 radical (unpaired) electrons. The zero-order valence-electron chi connectivity index (χ0n) is 18.4. The maximum atomic E-state index is 14.2. The summed E-state index contributed by atoms with van der Waals surface area (Å²) >= 11 is 1.42. The van der Waals surface area contributed by atoms with Crippen molar-refractivity contribution < 1.29 is 9.53 Å².